The molecule has 118 valence electrons. The van der Waals surface area contributed by atoms with E-state index < -0.39 is 5.60 Å². The van der Waals surface area contributed by atoms with E-state index in [1.54, 1.807) is 18.7 Å². The van der Waals surface area contributed by atoms with Crippen LogP contribution in [-0.4, -0.2) is 69.3 Å². The Kier molecular flexibility index (Phi) is 4.53. The van der Waals surface area contributed by atoms with E-state index in [1.807, 2.05) is 6.92 Å². The Morgan fingerprint density at radius 3 is 2.48 bits per heavy atom. The molecule has 1 fully saturated rings. The number of hydrogen-bond acceptors (Lipinski definition) is 5. The van der Waals surface area contributed by atoms with Gasteiger partial charge in [0, 0.05) is 32.7 Å². The number of anilines is 1. The van der Waals surface area contributed by atoms with Crippen LogP contribution in [0.3, 0.4) is 0 Å². The quantitative estimate of drug-likeness (QED) is 0.731. The fourth-order valence-electron chi connectivity index (χ4n) is 2.63. The van der Waals surface area contributed by atoms with E-state index in [1.165, 1.54) is 0 Å². The lowest BCUT2D eigenvalue weighted by Gasteiger charge is -2.37. The van der Waals surface area contributed by atoms with Gasteiger partial charge in [-0.1, -0.05) is 6.92 Å². The van der Waals surface area contributed by atoms with Crippen molar-refractivity contribution in [2.75, 3.05) is 38.5 Å². The molecule has 1 saturated heterocycles. The van der Waals surface area contributed by atoms with Crippen molar-refractivity contribution in [2.24, 2.45) is 0 Å². The summed E-state index contributed by atoms with van der Waals surface area (Å²) in [5.41, 5.74) is 6.82. The minimum Gasteiger partial charge on any atom is -0.395 e. The SMILES string of the molecule is CCc1[nH]nc(C(=O)N2CCN(CC(C)(C)O)CC2)c1N. The van der Waals surface area contributed by atoms with Crippen LogP contribution in [0.1, 0.15) is 37.0 Å². The van der Waals surface area contributed by atoms with Crippen molar-refractivity contribution in [3.63, 3.8) is 0 Å². The number of H-pyrrole nitrogens is 1. The highest BCUT2D eigenvalue weighted by atomic mass is 16.3. The molecule has 0 bridgehead atoms. The van der Waals surface area contributed by atoms with Crippen molar-refractivity contribution >= 4 is 11.6 Å². The number of carbonyl (C=O) groups is 1. The number of aliphatic hydroxyl groups is 1. The maximum Gasteiger partial charge on any atom is 0.276 e. The molecule has 1 aromatic heterocycles. The smallest absolute Gasteiger partial charge is 0.276 e. The van der Waals surface area contributed by atoms with Crippen molar-refractivity contribution in [1.82, 2.24) is 20.0 Å². The van der Waals surface area contributed by atoms with Crippen LogP contribution < -0.4 is 5.73 Å². The second-order valence-corrected chi connectivity index (χ2v) is 6.20. The van der Waals surface area contributed by atoms with E-state index in [0.29, 0.717) is 31.0 Å². The first kappa shape index (κ1) is 15.8. The number of amides is 1. The van der Waals surface area contributed by atoms with Gasteiger partial charge in [0.15, 0.2) is 5.69 Å². The van der Waals surface area contributed by atoms with Crippen molar-refractivity contribution in [3.05, 3.63) is 11.4 Å². The van der Waals surface area contributed by atoms with Crippen LogP contribution in [-0.2, 0) is 6.42 Å². The number of nitrogens with zero attached hydrogens (tertiary/aromatic N) is 3. The number of nitrogen functional groups attached to an aromatic ring is 1. The summed E-state index contributed by atoms with van der Waals surface area (Å²) in [5.74, 6) is -0.119. The molecule has 0 aliphatic carbocycles. The zero-order valence-corrected chi connectivity index (χ0v) is 13.0. The van der Waals surface area contributed by atoms with E-state index in [4.69, 9.17) is 5.73 Å². The number of aromatic nitrogens is 2. The minimum absolute atomic E-state index is 0.119. The monoisotopic (exact) mass is 295 g/mol. The highest BCUT2D eigenvalue weighted by Gasteiger charge is 2.28. The fourth-order valence-corrected chi connectivity index (χ4v) is 2.63. The molecule has 0 radical (unpaired) electrons. The van der Waals surface area contributed by atoms with Crippen LogP contribution in [0.4, 0.5) is 5.69 Å². The summed E-state index contributed by atoms with van der Waals surface area (Å²) < 4.78 is 0. The van der Waals surface area contributed by atoms with Gasteiger partial charge in [-0.2, -0.15) is 5.10 Å². The lowest BCUT2D eigenvalue weighted by Crippen LogP contribution is -2.52. The predicted molar refractivity (Wildman–Crippen MR) is 81.0 cm³/mol. The number of β-amino-alcohol motifs (C(OH)–C–C–N with tert-alkyl or cyclic N) is 1. The highest BCUT2D eigenvalue weighted by Crippen LogP contribution is 2.18. The van der Waals surface area contributed by atoms with Gasteiger partial charge in [-0.3, -0.25) is 14.8 Å². The number of hydrogen-bond donors (Lipinski definition) is 3. The third kappa shape index (κ3) is 3.74. The normalized spacial score (nSPS) is 17.2. The van der Waals surface area contributed by atoms with E-state index >= 15 is 0 Å². The molecular weight excluding hydrogens is 270 g/mol. The van der Waals surface area contributed by atoms with E-state index in [2.05, 4.69) is 15.1 Å². The Morgan fingerprint density at radius 1 is 1.38 bits per heavy atom. The van der Waals surface area contributed by atoms with Crippen molar-refractivity contribution < 1.29 is 9.90 Å². The zero-order chi connectivity index (χ0) is 15.6. The molecule has 1 aliphatic heterocycles. The van der Waals surface area contributed by atoms with Crippen LogP contribution >= 0.6 is 0 Å². The van der Waals surface area contributed by atoms with Gasteiger partial charge < -0.3 is 15.7 Å². The molecule has 1 amide bonds. The number of nitrogens with two attached hydrogens (primary N) is 1. The zero-order valence-electron chi connectivity index (χ0n) is 13.0. The van der Waals surface area contributed by atoms with Crippen molar-refractivity contribution in [3.8, 4) is 0 Å². The molecule has 4 N–H and O–H groups in total. The average Bonchev–Trinajstić information content (AvgIpc) is 2.78. The molecule has 0 unspecified atom stereocenters. The standard InChI is InChI=1S/C14H25N5O2/c1-4-10-11(15)12(17-16-10)13(20)19-7-5-18(6-8-19)9-14(2,3)21/h21H,4-9,15H2,1-3H3,(H,16,17). The second-order valence-electron chi connectivity index (χ2n) is 6.20. The molecule has 1 aliphatic rings. The van der Waals surface area contributed by atoms with E-state index in [9.17, 15) is 9.90 Å². The summed E-state index contributed by atoms with van der Waals surface area (Å²) in [4.78, 5) is 16.4. The summed E-state index contributed by atoms with van der Waals surface area (Å²) in [7, 11) is 0. The third-order valence-electron chi connectivity index (χ3n) is 3.71. The summed E-state index contributed by atoms with van der Waals surface area (Å²) in [5, 5.41) is 16.7. The molecule has 0 aromatic carbocycles. The molecule has 7 heteroatoms. The fraction of sp³-hybridized carbons (Fsp3) is 0.714. The van der Waals surface area contributed by atoms with Crippen molar-refractivity contribution in [2.45, 2.75) is 32.8 Å². The Labute approximate surface area is 125 Å². The number of aryl methyl sites for hydroxylation is 1. The molecule has 21 heavy (non-hydrogen) atoms. The van der Waals surface area contributed by atoms with Crippen LogP contribution in [0.2, 0.25) is 0 Å². The first-order chi connectivity index (χ1) is 9.81. The predicted octanol–water partition coefficient (Wildman–Crippen LogP) is 0.0830. The molecule has 0 spiro atoms. The van der Waals surface area contributed by atoms with Crippen LogP contribution in [0.15, 0.2) is 0 Å². The summed E-state index contributed by atoms with van der Waals surface area (Å²) in [6.07, 6.45) is 0.728. The van der Waals surface area contributed by atoms with Crippen molar-refractivity contribution in [1.29, 1.82) is 0 Å². The number of piperazine rings is 1. The Balaban J connectivity index is 1.95. The van der Waals surface area contributed by atoms with E-state index in [-0.39, 0.29) is 5.91 Å². The Morgan fingerprint density at radius 2 is 2.00 bits per heavy atom. The molecule has 7 nitrogen and oxygen atoms in total. The minimum atomic E-state index is -0.713. The van der Waals surface area contributed by atoms with Gasteiger partial charge in [0.25, 0.3) is 5.91 Å². The summed E-state index contributed by atoms with van der Waals surface area (Å²) in [6, 6.07) is 0. The third-order valence-corrected chi connectivity index (χ3v) is 3.71. The molecule has 0 saturated carbocycles. The topological polar surface area (TPSA) is 98.5 Å². The number of carbonyl (C=O) groups excluding carboxylic acids is 1. The highest BCUT2D eigenvalue weighted by molar-refractivity contribution is 5.97. The maximum atomic E-state index is 12.4. The number of nitrogens with one attached hydrogen (secondary N) is 1. The van der Waals surface area contributed by atoms with E-state index in [0.717, 1.165) is 25.2 Å². The lowest BCUT2D eigenvalue weighted by atomic mass is 10.1. The average molecular weight is 295 g/mol. The van der Waals surface area contributed by atoms with Gasteiger partial charge in [-0.05, 0) is 20.3 Å². The number of aromatic amines is 1. The molecule has 2 heterocycles. The lowest BCUT2D eigenvalue weighted by molar-refractivity contribution is 0.0177. The Hall–Kier alpha value is -1.60. The van der Waals surface area contributed by atoms with Gasteiger partial charge in [-0.15, -0.1) is 0 Å². The summed E-state index contributed by atoms with van der Waals surface area (Å²) >= 11 is 0. The largest absolute Gasteiger partial charge is 0.395 e. The second kappa shape index (κ2) is 6.03. The summed E-state index contributed by atoms with van der Waals surface area (Å²) in [6.45, 7) is 8.92. The first-order valence-corrected chi connectivity index (χ1v) is 7.38. The molecule has 2 rings (SSSR count). The maximum absolute atomic E-state index is 12.4. The van der Waals surface area contributed by atoms with Gasteiger partial charge in [0.05, 0.1) is 17.0 Å². The van der Waals surface area contributed by atoms with Crippen LogP contribution in [0, 0.1) is 0 Å². The molecular formula is C14H25N5O2. The van der Waals surface area contributed by atoms with Gasteiger partial charge in [0.1, 0.15) is 0 Å². The molecule has 0 atom stereocenters. The van der Waals surface area contributed by atoms with Crippen LogP contribution in [0.25, 0.3) is 0 Å². The first-order valence-electron chi connectivity index (χ1n) is 7.38. The van der Waals surface area contributed by atoms with Gasteiger partial charge in [0.2, 0.25) is 0 Å². The number of rotatable bonds is 4. The molecule has 1 aromatic rings. The Bertz CT molecular complexity index is 498. The van der Waals surface area contributed by atoms with Crippen LogP contribution in [0.5, 0.6) is 0 Å². The van der Waals surface area contributed by atoms with Gasteiger partial charge >= 0.3 is 0 Å². The van der Waals surface area contributed by atoms with Gasteiger partial charge in [-0.25, -0.2) is 0 Å².